The molecule has 0 saturated heterocycles. The fourth-order valence-electron chi connectivity index (χ4n) is 1.44. The summed E-state index contributed by atoms with van der Waals surface area (Å²) >= 11 is 0. The first kappa shape index (κ1) is 17.4. The molecule has 0 aromatic rings. The molecule has 2 nitrogen and oxygen atoms in total. The minimum Gasteiger partial charge on any atom is -0.356 e. The van der Waals surface area contributed by atoms with Crippen LogP contribution in [0.1, 0.15) is 59.3 Å². The van der Waals surface area contributed by atoms with E-state index in [0.29, 0.717) is 0 Å². The van der Waals surface area contributed by atoms with Gasteiger partial charge in [-0.3, -0.25) is 4.79 Å². The molecule has 0 rings (SSSR count). The summed E-state index contributed by atoms with van der Waals surface area (Å²) in [5.74, 6) is 0.968. The van der Waals surface area contributed by atoms with Crippen LogP contribution in [-0.2, 0) is 4.79 Å². The lowest BCUT2D eigenvalue weighted by Gasteiger charge is -2.07. The zero-order valence-corrected chi connectivity index (χ0v) is 11.1. The molecule has 1 N–H and O–H groups in total. The Morgan fingerprint density at radius 3 is 2.25 bits per heavy atom. The molecule has 0 aliphatic carbocycles. The predicted molar refractivity (Wildman–Crippen MR) is 71.1 cm³/mol. The molecule has 0 aromatic heterocycles. The van der Waals surface area contributed by atoms with Crippen molar-refractivity contribution in [2.45, 2.75) is 59.3 Å². The third-order valence-corrected chi connectivity index (χ3v) is 2.69. The maximum absolute atomic E-state index is 10.5. The number of carbonyl (C=O) groups is 1. The second kappa shape index (κ2) is 14.0. The van der Waals surface area contributed by atoms with Crippen LogP contribution >= 0.6 is 0 Å². The van der Waals surface area contributed by atoms with E-state index in [-0.39, 0.29) is 5.91 Å². The van der Waals surface area contributed by atoms with Crippen molar-refractivity contribution in [3.63, 3.8) is 0 Å². The van der Waals surface area contributed by atoms with Crippen molar-refractivity contribution in [2.24, 2.45) is 5.92 Å². The molecule has 0 saturated carbocycles. The van der Waals surface area contributed by atoms with Gasteiger partial charge in [-0.2, -0.15) is 0 Å². The summed E-state index contributed by atoms with van der Waals surface area (Å²) in [7, 11) is 0. The molecular formula is C14H27NO. The van der Waals surface area contributed by atoms with Crippen LogP contribution < -0.4 is 5.32 Å². The van der Waals surface area contributed by atoms with Crippen molar-refractivity contribution < 1.29 is 4.79 Å². The molecule has 0 bridgehead atoms. The van der Waals surface area contributed by atoms with Crippen molar-refractivity contribution in [2.75, 3.05) is 6.54 Å². The standard InChI is InChI=1S/C12H25NO.C2H2/c1-4-11(2)9-7-5-6-8-10-13-12(3)14;1-2/h11H,4-10H2,1-3H3,(H,13,14);1-2H/t11-;/m0./s1. The van der Waals surface area contributed by atoms with Gasteiger partial charge in [-0.15, -0.1) is 12.8 Å². The summed E-state index contributed by atoms with van der Waals surface area (Å²) < 4.78 is 0. The number of hydrogen-bond donors (Lipinski definition) is 1. The molecule has 0 heterocycles. The minimum absolute atomic E-state index is 0.0876. The van der Waals surface area contributed by atoms with Crippen LogP contribution in [0.5, 0.6) is 0 Å². The van der Waals surface area contributed by atoms with Crippen molar-refractivity contribution in [3.05, 3.63) is 0 Å². The Bertz CT molecular complexity index is 175. The average Bonchev–Trinajstić information content (AvgIpc) is 2.29. The fourth-order valence-corrected chi connectivity index (χ4v) is 1.44. The van der Waals surface area contributed by atoms with E-state index in [2.05, 4.69) is 32.0 Å². The normalized spacial score (nSPS) is 11.1. The molecule has 0 radical (unpaired) electrons. The average molecular weight is 225 g/mol. The van der Waals surface area contributed by atoms with E-state index in [1.807, 2.05) is 0 Å². The lowest BCUT2D eigenvalue weighted by molar-refractivity contribution is -0.118. The number of amides is 1. The molecular weight excluding hydrogens is 198 g/mol. The highest BCUT2D eigenvalue weighted by atomic mass is 16.1. The quantitative estimate of drug-likeness (QED) is 0.498. The van der Waals surface area contributed by atoms with E-state index >= 15 is 0 Å². The lowest BCUT2D eigenvalue weighted by Crippen LogP contribution is -2.20. The van der Waals surface area contributed by atoms with Gasteiger partial charge in [0.2, 0.25) is 5.91 Å². The highest BCUT2D eigenvalue weighted by Gasteiger charge is 1.98. The summed E-state index contributed by atoms with van der Waals surface area (Å²) in [5.41, 5.74) is 0. The summed E-state index contributed by atoms with van der Waals surface area (Å²) in [6.07, 6.45) is 15.7. The zero-order chi connectivity index (χ0) is 12.8. The van der Waals surface area contributed by atoms with E-state index in [4.69, 9.17) is 0 Å². The molecule has 0 fully saturated rings. The monoisotopic (exact) mass is 225 g/mol. The Hall–Kier alpha value is -0.970. The molecule has 0 aliphatic rings. The number of nitrogens with one attached hydrogen (secondary N) is 1. The van der Waals surface area contributed by atoms with E-state index in [9.17, 15) is 4.79 Å². The smallest absolute Gasteiger partial charge is 0.216 e. The third-order valence-electron chi connectivity index (χ3n) is 2.69. The molecule has 16 heavy (non-hydrogen) atoms. The van der Waals surface area contributed by atoms with Crippen molar-refractivity contribution in [3.8, 4) is 12.8 Å². The van der Waals surface area contributed by atoms with Gasteiger partial charge in [0, 0.05) is 13.5 Å². The molecule has 1 amide bonds. The first-order chi connectivity index (χ1) is 7.66. The highest BCUT2D eigenvalue weighted by Crippen LogP contribution is 2.12. The molecule has 0 aliphatic heterocycles. The second-order valence-corrected chi connectivity index (χ2v) is 4.20. The van der Waals surface area contributed by atoms with Gasteiger partial charge in [-0.05, 0) is 12.3 Å². The first-order valence-electron chi connectivity index (χ1n) is 6.24. The molecule has 0 spiro atoms. The zero-order valence-electron chi connectivity index (χ0n) is 11.1. The number of terminal acetylenes is 1. The van der Waals surface area contributed by atoms with E-state index in [1.165, 1.54) is 32.1 Å². The van der Waals surface area contributed by atoms with Crippen LogP contribution in [0.15, 0.2) is 0 Å². The summed E-state index contributed by atoms with van der Waals surface area (Å²) in [6.45, 7) is 6.99. The van der Waals surface area contributed by atoms with Crippen molar-refractivity contribution in [1.82, 2.24) is 5.32 Å². The van der Waals surface area contributed by atoms with E-state index < -0.39 is 0 Å². The number of unbranched alkanes of at least 4 members (excludes halogenated alkanes) is 3. The van der Waals surface area contributed by atoms with Crippen LogP contribution in [0.3, 0.4) is 0 Å². The summed E-state index contributed by atoms with van der Waals surface area (Å²) in [4.78, 5) is 10.5. The van der Waals surface area contributed by atoms with Crippen LogP contribution in [0, 0.1) is 18.8 Å². The second-order valence-electron chi connectivity index (χ2n) is 4.20. The molecule has 1 atom stereocenters. The Morgan fingerprint density at radius 2 is 1.75 bits per heavy atom. The van der Waals surface area contributed by atoms with Gasteiger partial charge in [0.05, 0.1) is 0 Å². The van der Waals surface area contributed by atoms with Crippen LogP contribution in [-0.4, -0.2) is 12.5 Å². The largest absolute Gasteiger partial charge is 0.356 e. The molecule has 2 heteroatoms. The number of carbonyl (C=O) groups excluding carboxylic acids is 1. The number of rotatable bonds is 8. The van der Waals surface area contributed by atoms with E-state index in [0.717, 1.165) is 18.9 Å². The third kappa shape index (κ3) is 15.5. The highest BCUT2D eigenvalue weighted by molar-refractivity contribution is 5.72. The van der Waals surface area contributed by atoms with Gasteiger partial charge in [-0.1, -0.05) is 46.0 Å². The van der Waals surface area contributed by atoms with Gasteiger partial charge in [-0.25, -0.2) is 0 Å². The maximum Gasteiger partial charge on any atom is 0.216 e. The SMILES string of the molecule is C#C.CC[C@H](C)CCCCCCNC(C)=O. The Kier molecular flexibility index (Phi) is 15.3. The molecule has 0 aromatic carbocycles. The maximum atomic E-state index is 10.5. The van der Waals surface area contributed by atoms with Crippen LogP contribution in [0.25, 0.3) is 0 Å². The Morgan fingerprint density at radius 1 is 1.19 bits per heavy atom. The molecule has 0 unspecified atom stereocenters. The van der Waals surface area contributed by atoms with Gasteiger partial charge < -0.3 is 5.32 Å². The number of hydrogen-bond acceptors (Lipinski definition) is 1. The lowest BCUT2D eigenvalue weighted by atomic mass is 10.0. The Balaban J connectivity index is 0. The van der Waals surface area contributed by atoms with Gasteiger partial charge in [0.25, 0.3) is 0 Å². The molecule has 94 valence electrons. The van der Waals surface area contributed by atoms with Crippen molar-refractivity contribution >= 4 is 5.91 Å². The van der Waals surface area contributed by atoms with Crippen molar-refractivity contribution in [1.29, 1.82) is 0 Å². The summed E-state index contributed by atoms with van der Waals surface area (Å²) in [6, 6.07) is 0. The van der Waals surface area contributed by atoms with Gasteiger partial charge >= 0.3 is 0 Å². The predicted octanol–water partition coefficient (Wildman–Crippen LogP) is 3.37. The Labute approximate surface area is 101 Å². The van der Waals surface area contributed by atoms with Gasteiger partial charge in [0.15, 0.2) is 0 Å². The first-order valence-corrected chi connectivity index (χ1v) is 6.24. The minimum atomic E-state index is 0.0876. The van der Waals surface area contributed by atoms with Gasteiger partial charge in [0.1, 0.15) is 0 Å². The van der Waals surface area contributed by atoms with E-state index in [1.54, 1.807) is 6.92 Å². The summed E-state index contributed by atoms with van der Waals surface area (Å²) in [5, 5.41) is 2.82. The van der Waals surface area contributed by atoms with Crippen LogP contribution in [0.4, 0.5) is 0 Å². The van der Waals surface area contributed by atoms with Crippen LogP contribution in [0.2, 0.25) is 0 Å². The topological polar surface area (TPSA) is 29.1 Å². The fraction of sp³-hybridized carbons (Fsp3) is 0.786.